The van der Waals surface area contributed by atoms with Crippen molar-refractivity contribution in [2.75, 3.05) is 45.9 Å². The van der Waals surface area contributed by atoms with E-state index in [2.05, 4.69) is 50.5 Å². The molecule has 2 heterocycles. The Labute approximate surface area is 338 Å². The molecule has 5 rings (SSSR count). The van der Waals surface area contributed by atoms with Crippen LogP contribution in [0.15, 0.2) is 81.1 Å². The zero-order valence-electron chi connectivity index (χ0n) is 33.8. The van der Waals surface area contributed by atoms with Gasteiger partial charge >= 0.3 is 0 Å². The number of carbonyl (C=O) groups is 1. The average Bonchev–Trinajstić information content (AvgIpc) is 3.34. The first kappa shape index (κ1) is 43.1. The predicted octanol–water partition coefficient (Wildman–Crippen LogP) is 6.50. The minimum atomic E-state index is -3.73. The van der Waals surface area contributed by atoms with Crippen molar-refractivity contribution in [1.29, 1.82) is 5.26 Å². The van der Waals surface area contributed by atoms with Gasteiger partial charge in [-0.1, -0.05) is 52.0 Å². The lowest BCUT2D eigenvalue weighted by molar-refractivity contribution is -0.127. The summed E-state index contributed by atoms with van der Waals surface area (Å²) >= 11 is 0. The Morgan fingerprint density at radius 2 is 1.77 bits per heavy atom. The van der Waals surface area contributed by atoms with Crippen LogP contribution < -0.4 is 16.4 Å². The third kappa shape index (κ3) is 11.5. The van der Waals surface area contributed by atoms with E-state index in [0.717, 1.165) is 60.9 Å². The number of guanidine groups is 1. The maximum absolute atomic E-state index is 13.9. The molecule has 0 aliphatic carbocycles. The summed E-state index contributed by atoms with van der Waals surface area (Å²) in [4.78, 5) is 25.6. The van der Waals surface area contributed by atoms with Crippen molar-refractivity contribution in [3.8, 4) is 17.2 Å². The number of unbranched alkanes of at least 4 members (excludes halogenated alkanes) is 1. The molecule has 13 heteroatoms. The molecule has 0 atom stereocenters. The number of hydrogen-bond acceptors (Lipinski definition) is 8. The fourth-order valence-electron chi connectivity index (χ4n) is 7.00. The molecule has 12 nitrogen and oxygen atoms in total. The molecule has 0 bridgehead atoms. The second-order valence-electron chi connectivity index (χ2n) is 15.3. The van der Waals surface area contributed by atoms with Gasteiger partial charge in [0.1, 0.15) is 5.84 Å². The van der Waals surface area contributed by atoms with Gasteiger partial charge in [-0.2, -0.15) is 9.57 Å². The molecule has 2 aliphatic rings. The van der Waals surface area contributed by atoms with Gasteiger partial charge < -0.3 is 26.4 Å². The Bertz CT molecular complexity index is 2110. The van der Waals surface area contributed by atoms with Gasteiger partial charge in [0, 0.05) is 69.4 Å². The predicted molar refractivity (Wildman–Crippen MR) is 229 cm³/mol. The highest BCUT2D eigenvalue weighted by Crippen LogP contribution is 2.37. The largest absolute Gasteiger partial charge is 0.396 e. The van der Waals surface area contributed by atoms with Crippen molar-refractivity contribution in [3.05, 3.63) is 82.9 Å². The van der Waals surface area contributed by atoms with Crippen LogP contribution in [-0.2, 0) is 21.2 Å². The first-order valence-corrected chi connectivity index (χ1v) is 21.7. The standard InChI is InChI=1S/C44H58N8O4S/c1-5-19-51(20-6-2)43(54)37-24-40-35(12-7-8-17-47-44(48-18-16-31(3)4)49-38-14-9-11-32(21-38)27-45)22-36(25-41(40)50-42(46)26-37)34-13-10-15-39(23-34)57(55,56)52-28-33(29-52)30-53/h9-11,13-15,21-25,31,33,53H,5-8,12,16-20,26,28-30H2,1-4H3,(H2,46,50)(H2,47,48,49). The second-order valence-corrected chi connectivity index (χ2v) is 17.3. The Hall–Kier alpha value is -5.03. The van der Waals surface area contributed by atoms with Gasteiger partial charge in [-0.25, -0.2) is 18.4 Å². The highest BCUT2D eigenvalue weighted by Gasteiger charge is 2.36. The van der Waals surface area contributed by atoms with Gasteiger partial charge in [-0.05, 0) is 104 Å². The van der Waals surface area contributed by atoms with Gasteiger partial charge in [0.2, 0.25) is 15.9 Å². The van der Waals surface area contributed by atoms with Crippen molar-refractivity contribution in [3.63, 3.8) is 0 Å². The summed E-state index contributed by atoms with van der Waals surface area (Å²) in [5, 5.41) is 25.7. The van der Waals surface area contributed by atoms with E-state index in [-0.39, 0.29) is 29.7 Å². The first-order chi connectivity index (χ1) is 27.4. The average molecular weight is 795 g/mol. The van der Waals surface area contributed by atoms with Crippen LogP contribution in [0.25, 0.3) is 17.2 Å². The summed E-state index contributed by atoms with van der Waals surface area (Å²) in [5.74, 6) is 1.45. The molecule has 0 unspecified atom stereocenters. The molecule has 1 amide bonds. The number of amides is 1. The number of aryl methyl sites for hydroxylation is 1. The van der Waals surface area contributed by atoms with Crippen LogP contribution in [0.5, 0.6) is 0 Å². The van der Waals surface area contributed by atoms with Crippen molar-refractivity contribution < 1.29 is 18.3 Å². The van der Waals surface area contributed by atoms with Crippen LogP contribution in [0.1, 0.15) is 82.9 Å². The first-order valence-electron chi connectivity index (χ1n) is 20.2. The van der Waals surface area contributed by atoms with Crippen LogP contribution >= 0.6 is 0 Å². The van der Waals surface area contributed by atoms with Gasteiger partial charge in [0.05, 0.1) is 27.9 Å². The Balaban J connectivity index is 1.44. The van der Waals surface area contributed by atoms with E-state index < -0.39 is 10.0 Å². The van der Waals surface area contributed by atoms with Gasteiger partial charge in [0.25, 0.3) is 0 Å². The number of hydrogen-bond donors (Lipinski definition) is 4. The number of nitrogens with one attached hydrogen (secondary N) is 2. The lowest BCUT2D eigenvalue weighted by Gasteiger charge is -2.36. The smallest absolute Gasteiger partial charge is 0.250 e. The van der Waals surface area contributed by atoms with E-state index >= 15 is 0 Å². The Morgan fingerprint density at radius 1 is 1.04 bits per heavy atom. The number of rotatable bonds is 18. The molecule has 3 aromatic carbocycles. The van der Waals surface area contributed by atoms with Gasteiger partial charge in [-0.3, -0.25) is 4.79 Å². The number of aliphatic hydroxyl groups excluding tert-OH is 1. The molecule has 2 aliphatic heterocycles. The SMILES string of the molecule is CCCN(CCC)C(=O)C1=Cc2c(CCCCN/C(=N/c3cccc(C#N)c3)NCCC(C)C)cc(-c3cccc(S(=O)(=O)N4CC(CO)C4)c3)cc2N=C(N)C1. The molecule has 5 N–H and O–H groups in total. The van der Waals surface area contributed by atoms with Crippen LogP contribution in [0, 0.1) is 23.2 Å². The normalized spacial score (nSPS) is 14.9. The Kier molecular flexibility index (Phi) is 15.4. The molecule has 0 radical (unpaired) electrons. The summed E-state index contributed by atoms with van der Waals surface area (Å²) in [7, 11) is -3.73. The summed E-state index contributed by atoms with van der Waals surface area (Å²) < 4.78 is 28.4. The van der Waals surface area contributed by atoms with Gasteiger partial charge in [-0.15, -0.1) is 0 Å². The lowest BCUT2D eigenvalue weighted by atomic mass is 9.93. The molecule has 0 saturated carbocycles. The molecular weight excluding hydrogens is 737 g/mol. The topological polar surface area (TPSA) is 177 Å². The lowest BCUT2D eigenvalue weighted by Crippen LogP contribution is -2.51. The quantitative estimate of drug-likeness (QED) is 0.0641. The maximum atomic E-state index is 13.9. The number of sulfonamides is 1. The monoisotopic (exact) mass is 794 g/mol. The molecule has 3 aromatic rings. The molecule has 1 fully saturated rings. The number of aliphatic imine (C=N–C) groups is 2. The highest BCUT2D eigenvalue weighted by atomic mass is 32.2. The summed E-state index contributed by atoms with van der Waals surface area (Å²) in [6.07, 6.45) is 7.15. The fourth-order valence-corrected chi connectivity index (χ4v) is 8.64. The van der Waals surface area contributed by atoms with Gasteiger partial charge in [0.15, 0.2) is 5.96 Å². The van der Waals surface area contributed by atoms with Crippen LogP contribution in [0.4, 0.5) is 11.4 Å². The molecule has 0 spiro atoms. The third-order valence-electron chi connectivity index (χ3n) is 10.1. The number of amidine groups is 1. The summed E-state index contributed by atoms with van der Waals surface area (Å²) in [5.41, 5.74) is 12.4. The number of nitriles is 1. The molecule has 57 heavy (non-hydrogen) atoms. The van der Waals surface area contributed by atoms with Crippen LogP contribution in [-0.4, -0.2) is 86.3 Å². The minimum absolute atomic E-state index is 0.0339. The fraction of sp³-hybridized carbons (Fsp3) is 0.455. The zero-order valence-corrected chi connectivity index (χ0v) is 34.6. The van der Waals surface area contributed by atoms with Crippen molar-refractivity contribution in [2.24, 2.45) is 27.6 Å². The number of nitrogens with two attached hydrogens (primary N) is 1. The molecule has 1 saturated heterocycles. The van der Waals surface area contributed by atoms with E-state index in [1.165, 1.54) is 4.31 Å². The maximum Gasteiger partial charge on any atom is 0.250 e. The minimum Gasteiger partial charge on any atom is -0.396 e. The highest BCUT2D eigenvalue weighted by molar-refractivity contribution is 7.89. The van der Waals surface area contributed by atoms with E-state index in [1.54, 1.807) is 30.3 Å². The molecule has 0 aromatic heterocycles. The van der Waals surface area contributed by atoms with E-state index in [9.17, 15) is 23.6 Å². The van der Waals surface area contributed by atoms with Crippen molar-refractivity contribution in [1.82, 2.24) is 19.8 Å². The molecular formula is C44H58N8O4S. The number of carbonyl (C=O) groups excluding carboxylic acids is 1. The number of aliphatic hydroxyl groups is 1. The van der Waals surface area contributed by atoms with Crippen LogP contribution in [0.3, 0.4) is 0 Å². The van der Waals surface area contributed by atoms with E-state index in [1.807, 2.05) is 35.2 Å². The Morgan fingerprint density at radius 3 is 2.47 bits per heavy atom. The zero-order chi connectivity index (χ0) is 41.0. The van der Waals surface area contributed by atoms with E-state index in [0.29, 0.717) is 79.4 Å². The number of nitrogens with zero attached hydrogens (tertiary/aromatic N) is 5. The number of benzene rings is 3. The summed E-state index contributed by atoms with van der Waals surface area (Å²) in [6.45, 7) is 11.8. The second kappa shape index (κ2) is 20.4. The number of fused-ring (bicyclic) bond motifs is 1. The van der Waals surface area contributed by atoms with Crippen molar-refractivity contribution >= 4 is 45.2 Å². The van der Waals surface area contributed by atoms with Crippen molar-refractivity contribution in [2.45, 2.75) is 77.5 Å². The molecule has 304 valence electrons. The third-order valence-corrected chi connectivity index (χ3v) is 12.0. The van der Waals surface area contributed by atoms with Crippen LogP contribution in [0.2, 0.25) is 0 Å². The summed E-state index contributed by atoms with van der Waals surface area (Å²) in [6, 6.07) is 20.3. The van der Waals surface area contributed by atoms with E-state index in [4.69, 9.17) is 15.7 Å².